The molecule has 2 unspecified atom stereocenters. The van der Waals surface area contributed by atoms with Crippen molar-refractivity contribution in [2.24, 2.45) is 16.3 Å². The highest BCUT2D eigenvalue weighted by atomic mass is 16.5. The molecule has 0 aromatic heterocycles. The molecule has 0 heterocycles. The highest BCUT2D eigenvalue weighted by Gasteiger charge is 2.29. The maximum absolute atomic E-state index is 12.5. The van der Waals surface area contributed by atoms with Crippen LogP contribution in [0, 0.1) is 11.3 Å². The normalized spacial score (nSPS) is 16.1. The summed E-state index contributed by atoms with van der Waals surface area (Å²) in [7, 11) is 5.72. The van der Waals surface area contributed by atoms with E-state index in [4.69, 9.17) is 9.73 Å². The molecule has 2 atom stereocenters. The first kappa shape index (κ1) is 20.3. The van der Waals surface area contributed by atoms with E-state index in [1.165, 1.54) is 0 Å². The molecular weight excluding hydrogens is 264 g/mol. The molecule has 0 aliphatic carbocycles. The van der Waals surface area contributed by atoms with E-state index in [1.807, 2.05) is 27.9 Å². The van der Waals surface area contributed by atoms with Gasteiger partial charge in [-0.2, -0.15) is 0 Å². The van der Waals surface area contributed by atoms with Gasteiger partial charge in [0.05, 0.1) is 12.6 Å². The van der Waals surface area contributed by atoms with Gasteiger partial charge in [0.1, 0.15) is 5.78 Å². The average molecular weight is 298 g/mol. The highest BCUT2D eigenvalue weighted by molar-refractivity contribution is 6.05. The summed E-state index contributed by atoms with van der Waals surface area (Å²) >= 11 is 0. The van der Waals surface area contributed by atoms with Gasteiger partial charge < -0.3 is 9.64 Å². The van der Waals surface area contributed by atoms with Crippen molar-refractivity contribution in [1.29, 1.82) is 0 Å². The van der Waals surface area contributed by atoms with Gasteiger partial charge in [-0.05, 0) is 33.4 Å². The van der Waals surface area contributed by atoms with Gasteiger partial charge in [0.15, 0.2) is 0 Å². The van der Waals surface area contributed by atoms with Gasteiger partial charge in [0, 0.05) is 31.2 Å². The van der Waals surface area contributed by atoms with Crippen molar-refractivity contribution < 1.29 is 9.53 Å². The Bertz CT molecular complexity index is 349. The summed E-state index contributed by atoms with van der Waals surface area (Å²) in [6, 6.07) is 0.210. The number of likely N-dealkylation sites (N-methyl/N-ethyl adjacent to an activating group) is 1. The number of hydrogen-bond acceptors (Lipinski definition) is 4. The minimum atomic E-state index is -0.451. The molecule has 21 heavy (non-hydrogen) atoms. The van der Waals surface area contributed by atoms with Crippen molar-refractivity contribution >= 4 is 11.5 Å². The van der Waals surface area contributed by atoms with Gasteiger partial charge in [-0.15, -0.1) is 0 Å². The Kier molecular flexibility index (Phi) is 8.98. The van der Waals surface area contributed by atoms with Crippen LogP contribution in [0.3, 0.4) is 0 Å². The lowest BCUT2D eigenvalue weighted by Gasteiger charge is -2.24. The number of rotatable bonds is 10. The molecule has 0 N–H and O–H groups in total. The summed E-state index contributed by atoms with van der Waals surface area (Å²) in [5, 5.41) is 0. The Morgan fingerprint density at radius 1 is 1.29 bits per heavy atom. The van der Waals surface area contributed by atoms with Gasteiger partial charge in [-0.3, -0.25) is 9.79 Å². The third-order valence-electron chi connectivity index (χ3n) is 3.80. The van der Waals surface area contributed by atoms with Crippen molar-refractivity contribution in [3.8, 4) is 0 Å². The number of ether oxygens (including phenoxy) is 1. The van der Waals surface area contributed by atoms with Crippen molar-refractivity contribution in [3.05, 3.63) is 0 Å². The second-order valence-corrected chi connectivity index (χ2v) is 6.96. The zero-order valence-corrected chi connectivity index (χ0v) is 15.2. The minimum Gasteiger partial charge on any atom is -0.384 e. The monoisotopic (exact) mass is 298 g/mol. The molecule has 0 aromatic carbocycles. The van der Waals surface area contributed by atoms with Crippen molar-refractivity contribution in [3.63, 3.8) is 0 Å². The number of methoxy groups -OCH3 is 1. The molecule has 0 aromatic rings. The molecule has 0 radical (unpaired) electrons. The van der Waals surface area contributed by atoms with Crippen LogP contribution in [0.25, 0.3) is 0 Å². The van der Waals surface area contributed by atoms with Crippen LogP contribution in [0.2, 0.25) is 0 Å². The lowest BCUT2D eigenvalue weighted by atomic mass is 9.84. The zero-order valence-electron chi connectivity index (χ0n) is 15.2. The van der Waals surface area contributed by atoms with E-state index < -0.39 is 5.41 Å². The molecular formula is C17H34N2O2. The molecule has 0 bridgehead atoms. The minimum absolute atomic E-state index is 0.209. The van der Waals surface area contributed by atoms with Crippen LogP contribution in [0.5, 0.6) is 0 Å². The molecule has 0 amide bonds. The first-order chi connectivity index (χ1) is 9.63. The maximum atomic E-state index is 12.5. The van der Waals surface area contributed by atoms with Crippen LogP contribution >= 0.6 is 0 Å². The fourth-order valence-electron chi connectivity index (χ4n) is 2.28. The first-order valence-electron chi connectivity index (χ1n) is 7.87. The van der Waals surface area contributed by atoms with E-state index >= 15 is 0 Å². The van der Waals surface area contributed by atoms with Gasteiger partial charge in [-0.25, -0.2) is 0 Å². The fraction of sp³-hybridized carbons (Fsp3) is 0.882. The highest BCUT2D eigenvalue weighted by Crippen LogP contribution is 2.21. The smallest absolute Gasteiger partial charge is 0.146 e. The fourth-order valence-corrected chi connectivity index (χ4v) is 2.28. The number of nitrogens with zero attached hydrogens (tertiary/aromatic N) is 2. The Morgan fingerprint density at radius 3 is 2.29 bits per heavy atom. The second kappa shape index (κ2) is 9.31. The first-order valence-corrected chi connectivity index (χ1v) is 7.87. The number of aliphatic imine (C=N–C) groups is 1. The molecule has 4 heteroatoms. The Morgan fingerprint density at radius 2 is 1.86 bits per heavy atom. The summed E-state index contributed by atoms with van der Waals surface area (Å²) < 4.78 is 5.16. The number of hydrogen-bond donors (Lipinski definition) is 0. The summed E-state index contributed by atoms with van der Waals surface area (Å²) in [4.78, 5) is 19.5. The number of ketones is 1. The van der Waals surface area contributed by atoms with E-state index in [2.05, 4.69) is 25.7 Å². The zero-order chi connectivity index (χ0) is 16.6. The molecule has 0 aliphatic rings. The molecule has 0 aliphatic heterocycles. The number of carbonyl (C=O) groups is 1. The standard InChI is InChI=1S/C17H34N2O2/c1-9-13(2)15(18-14(3)11-19(6)7)10-16(20)17(4,5)12-21-8/h13-14H,9-12H2,1-8H3. The maximum Gasteiger partial charge on any atom is 0.146 e. The lowest BCUT2D eigenvalue weighted by molar-refractivity contribution is -0.128. The third kappa shape index (κ3) is 7.72. The Hall–Kier alpha value is -0.740. The number of Topliss-reactive ketones (excluding diaryl/α,β-unsaturated/α-hetero) is 1. The van der Waals surface area contributed by atoms with Crippen LogP contribution in [-0.4, -0.2) is 56.8 Å². The molecule has 0 saturated carbocycles. The van der Waals surface area contributed by atoms with Crippen LogP contribution < -0.4 is 0 Å². The van der Waals surface area contributed by atoms with Crippen LogP contribution in [-0.2, 0) is 9.53 Å². The van der Waals surface area contributed by atoms with E-state index in [9.17, 15) is 4.79 Å². The summed E-state index contributed by atoms with van der Waals surface area (Å²) in [5.41, 5.74) is 0.578. The SMILES string of the molecule is CCC(C)C(CC(=O)C(C)(C)COC)=NC(C)CN(C)C. The molecule has 0 saturated heterocycles. The van der Waals surface area contributed by atoms with E-state index in [-0.39, 0.29) is 11.8 Å². The second-order valence-electron chi connectivity index (χ2n) is 6.96. The summed E-state index contributed by atoms with van der Waals surface area (Å²) in [5.74, 6) is 0.553. The van der Waals surface area contributed by atoms with Crippen LogP contribution in [0.1, 0.15) is 47.5 Å². The Balaban J connectivity index is 5.01. The lowest BCUT2D eigenvalue weighted by Crippen LogP contribution is -2.33. The van der Waals surface area contributed by atoms with Crippen molar-refractivity contribution in [2.75, 3.05) is 34.4 Å². The van der Waals surface area contributed by atoms with Gasteiger partial charge in [0.2, 0.25) is 0 Å². The van der Waals surface area contributed by atoms with Gasteiger partial charge in [0.25, 0.3) is 0 Å². The molecule has 0 fully saturated rings. The predicted octanol–water partition coefficient (Wildman–Crippen LogP) is 3.06. The van der Waals surface area contributed by atoms with E-state index in [1.54, 1.807) is 7.11 Å². The third-order valence-corrected chi connectivity index (χ3v) is 3.80. The summed E-state index contributed by atoms with van der Waals surface area (Å²) in [6.45, 7) is 11.6. The topological polar surface area (TPSA) is 41.9 Å². The quantitative estimate of drug-likeness (QED) is 0.582. The van der Waals surface area contributed by atoms with E-state index in [0.29, 0.717) is 18.9 Å². The predicted molar refractivity (Wildman–Crippen MR) is 90.2 cm³/mol. The largest absolute Gasteiger partial charge is 0.384 e. The Labute approximate surface area is 131 Å². The van der Waals surface area contributed by atoms with E-state index in [0.717, 1.165) is 18.7 Å². The van der Waals surface area contributed by atoms with Crippen LogP contribution in [0.15, 0.2) is 4.99 Å². The number of carbonyl (C=O) groups excluding carboxylic acids is 1. The van der Waals surface area contributed by atoms with Gasteiger partial charge in [-0.1, -0.05) is 27.7 Å². The van der Waals surface area contributed by atoms with Gasteiger partial charge >= 0.3 is 0 Å². The molecule has 4 nitrogen and oxygen atoms in total. The van der Waals surface area contributed by atoms with Crippen molar-refractivity contribution in [2.45, 2.75) is 53.5 Å². The van der Waals surface area contributed by atoms with Crippen LogP contribution in [0.4, 0.5) is 0 Å². The summed E-state index contributed by atoms with van der Waals surface area (Å²) in [6.07, 6.45) is 1.44. The van der Waals surface area contributed by atoms with Crippen molar-refractivity contribution in [1.82, 2.24) is 4.90 Å². The molecule has 0 spiro atoms. The average Bonchev–Trinajstić information content (AvgIpc) is 2.35. The molecule has 124 valence electrons. The molecule has 0 rings (SSSR count).